The van der Waals surface area contributed by atoms with Crippen LogP contribution in [-0.2, 0) is 17.8 Å². The fourth-order valence-corrected chi connectivity index (χ4v) is 2.06. The van der Waals surface area contributed by atoms with Crippen molar-refractivity contribution < 1.29 is 19.4 Å². The van der Waals surface area contributed by atoms with Gasteiger partial charge in [0.1, 0.15) is 18.1 Å². The molecule has 0 unspecified atom stereocenters. The molecule has 0 aliphatic heterocycles. The number of rotatable bonds is 6. The van der Waals surface area contributed by atoms with Crippen molar-refractivity contribution in [2.45, 2.75) is 13.0 Å². The number of halogens is 1. The number of carboxylic acids is 1. The topological polar surface area (TPSA) is 58.6 Å². The molecule has 0 saturated heterocycles. The Morgan fingerprint density at radius 3 is 2.52 bits per heavy atom. The van der Waals surface area contributed by atoms with E-state index in [1.165, 1.54) is 0 Å². The van der Waals surface area contributed by atoms with Crippen molar-refractivity contribution in [1.82, 2.24) is 0 Å². The Balaban J connectivity index is 2.09. The van der Waals surface area contributed by atoms with Crippen molar-refractivity contribution in [2.24, 2.45) is 0 Å². The number of carboxylic acid groups (broad SMARTS) is 1. The third kappa shape index (κ3) is 4.39. The molecular formula is C16H14ClO4-. The highest BCUT2D eigenvalue weighted by Gasteiger charge is 2.06. The highest BCUT2D eigenvalue weighted by Crippen LogP contribution is 2.24. The van der Waals surface area contributed by atoms with Crippen LogP contribution in [0.4, 0.5) is 0 Å². The average molecular weight is 306 g/mol. The van der Waals surface area contributed by atoms with Gasteiger partial charge in [0.2, 0.25) is 0 Å². The van der Waals surface area contributed by atoms with E-state index in [4.69, 9.17) is 21.1 Å². The molecule has 0 bridgehead atoms. The maximum Gasteiger partial charge on any atom is 0.123 e. The smallest absolute Gasteiger partial charge is 0.123 e. The molecule has 0 aliphatic carbocycles. The Labute approximate surface area is 127 Å². The van der Waals surface area contributed by atoms with Crippen LogP contribution in [0.15, 0.2) is 42.5 Å². The molecule has 2 aromatic carbocycles. The summed E-state index contributed by atoms with van der Waals surface area (Å²) in [7, 11) is 1.60. The Kier molecular flexibility index (Phi) is 5.06. The lowest BCUT2D eigenvalue weighted by molar-refractivity contribution is -0.304. The SMILES string of the molecule is COc1ccc(COc2ccc(Cl)cc2CC(=O)[O-])cc1. The van der Waals surface area contributed by atoms with Gasteiger partial charge >= 0.3 is 0 Å². The van der Waals surface area contributed by atoms with E-state index < -0.39 is 5.97 Å². The Bertz CT molecular complexity index is 623. The number of hydrogen-bond acceptors (Lipinski definition) is 4. The molecule has 0 aromatic heterocycles. The minimum Gasteiger partial charge on any atom is -0.550 e. The molecule has 0 atom stereocenters. The second-order valence-electron chi connectivity index (χ2n) is 4.44. The van der Waals surface area contributed by atoms with Gasteiger partial charge in [-0.3, -0.25) is 0 Å². The molecular weight excluding hydrogens is 292 g/mol. The van der Waals surface area contributed by atoms with Crippen LogP contribution >= 0.6 is 11.6 Å². The maximum absolute atomic E-state index is 10.8. The van der Waals surface area contributed by atoms with E-state index in [1.807, 2.05) is 24.3 Å². The Morgan fingerprint density at radius 1 is 1.19 bits per heavy atom. The number of carbonyl (C=O) groups is 1. The van der Waals surface area contributed by atoms with Gasteiger partial charge in [-0.2, -0.15) is 0 Å². The van der Waals surface area contributed by atoms with Crippen molar-refractivity contribution in [1.29, 1.82) is 0 Å². The summed E-state index contributed by atoms with van der Waals surface area (Å²) in [6.45, 7) is 0.325. The predicted octanol–water partition coefficient (Wildman–Crippen LogP) is 2.22. The molecule has 0 radical (unpaired) electrons. The molecule has 0 N–H and O–H groups in total. The lowest BCUT2D eigenvalue weighted by Gasteiger charge is -2.13. The first kappa shape index (κ1) is 15.2. The van der Waals surface area contributed by atoms with Crippen molar-refractivity contribution in [2.75, 3.05) is 7.11 Å². The summed E-state index contributed by atoms with van der Waals surface area (Å²) in [5, 5.41) is 11.2. The summed E-state index contributed by atoms with van der Waals surface area (Å²) < 4.78 is 10.7. The molecule has 0 fully saturated rings. The number of carbonyl (C=O) groups excluding carboxylic acids is 1. The van der Waals surface area contributed by atoms with Crippen molar-refractivity contribution in [3.8, 4) is 11.5 Å². The minimum atomic E-state index is -1.17. The molecule has 0 amide bonds. The van der Waals surface area contributed by atoms with E-state index in [0.29, 0.717) is 22.9 Å². The van der Waals surface area contributed by atoms with Gasteiger partial charge < -0.3 is 19.4 Å². The molecule has 0 aliphatic rings. The lowest BCUT2D eigenvalue weighted by Crippen LogP contribution is -2.24. The van der Waals surface area contributed by atoms with E-state index in [0.717, 1.165) is 11.3 Å². The first-order valence-electron chi connectivity index (χ1n) is 6.32. The first-order chi connectivity index (χ1) is 10.1. The quantitative estimate of drug-likeness (QED) is 0.821. The van der Waals surface area contributed by atoms with Crippen LogP contribution in [0.1, 0.15) is 11.1 Å². The van der Waals surface area contributed by atoms with Crippen LogP contribution in [-0.4, -0.2) is 13.1 Å². The fourth-order valence-electron chi connectivity index (χ4n) is 1.87. The summed E-state index contributed by atoms with van der Waals surface area (Å²) in [5.74, 6) is 0.0777. The second kappa shape index (κ2) is 6.99. The Hall–Kier alpha value is -2.20. The fraction of sp³-hybridized carbons (Fsp3) is 0.188. The number of benzene rings is 2. The maximum atomic E-state index is 10.8. The van der Waals surface area contributed by atoms with Gasteiger partial charge in [-0.1, -0.05) is 23.7 Å². The van der Waals surface area contributed by atoms with Crippen LogP contribution in [0.5, 0.6) is 11.5 Å². The standard InChI is InChI=1S/C16H15ClO4/c1-20-14-5-2-11(3-6-14)10-21-15-7-4-13(17)8-12(15)9-16(18)19/h2-8H,9-10H2,1H3,(H,18,19)/p-1. The largest absolute Gasteiger partial charge is 0.550 e. The van der Waals surface area contributed by atoms with Crippen LogP contribution in [0, 0.1) is 0 Å². The van der Waals surface area contributed by atoms with Gasteiger partial charge in [-0.05, 0) is 35.9 Å². The zero-order chi connectivity index (χ0) is 15.2. The van der Waals surface area contributed by atoms with Crippen molar-refractivity contribution >= 4 is 17.6 Å². The van der Waals surface area contributed by atoms with Gasteiger partial charge in [-0.25, -0.2) is 0 Å². The number of hydrogen-bond donors (Lipinski definition) is 0. The highest BCUT2D eigenvalue weighted by molar-refractivity contribution is 6.30. The van der Waals surface area contributed by atoms with Crippen LogP contribution in [0.2, 0.25) is 5.02 Å². The van der Waals surface area contributed by atoms with Gasteiger partial charge in [0.15, 0.2) is 0 Å². The van der Waals surface area contributed by atoms with Crippen LogP contribution < -0.4 is 14.6 Å². The molecule has 5 heteroatoms. The zero-order valence-corrected chi connectivity index (χ0v) is 12.2. The molecule has 2 aromatic rings. The highest BCUT2D eigenvalue weighted by atomic mass is 35.5. The van der Waals surface area contributed by atoms with E-state index >= 15 is 0 Å². The zero-order valence-electron chi connectivity index (χ0n) is 11.5. The van der Waals surface area contributed by atoms with E-state index in [2.05, 4.69) is 0 Å². The Morgan fingerprint density at radius 2 is 1.90 bits per heavy atom. The lowest BCUT2D eigenvalue weighted by atomic mass is 10.1. The van der Waals surface area contributed by atoms with Gasteiger partial charge in [0, 0.05) is 23.0 Å². The summed E-state index contributed by atoms with van der Waals surface area (Å²) in [4.78, 5) is 10.8. The summed E-state index contributed by atoms with van der Waals surface area (Å²) in [6.07, 6.45) is -0.238. The molecule has 21 heavy (non-hydrogen) atoms. The molecule has 0 heterocycles. The van der Waals surface area contributed by atoms with Gasteiger partial charge in [0.05, 0.1) is 7.11 Å². The molecule has 0 saturated carbocycles. The number of methoxy groups -OCH3 is 1. The average Bonchev–Trinajstić information content (AvgIpc) is 2.46. The van der Waals surface area contributed by atoms with E-state index in [1.54, 1.807) is 25.3 Å². The number of ether oxygens (including phenoxy) is 2. The van der Waals surface area contributed by atoms with Crippen LogP contribution in [0.3, 0.4) is 0 Å². The number of aliphatic carboxylic acids is 1. The van der Waals surface area contributed by atoms with E-state index in [9.17, 15) is 9.90 Å². The summed E-state index contributed by atoms with van der Waals surface area (Å²) in [6, 6.07) is 12.3. The van der Waals surface area contributed by atoms with Gasteiger partial charge in [-0.15, -0.1) is 0 Å². The monoisotopic (exact) mass is 305 g/mol. The molecule has 4 nitrogen and oxygen atoms in total. The van der Waals surface area contributed by atoms with Crippen molar-refractivity contribution in [3.63, 3.8) is 0 Å². The second-order valence-corrected chi connectivity index (χ2v) is 4.87. The third-order valence-corrected chi connectivity index (χ3v) is 3.15. The van der Waals surface area contributed by atoms with Gasteiger partial charge in [0.25, 0.3) is 0 Å². The molecule has 0 spiro atoms. The van der Waals surface area contributed by atoms with Crippen LogP contribution in [0.25, 0.3) is 0 Å². The molecule has 110 valence electrons. The molecule has 2 rings (SSSR count). The van der Waals surface area contributed by atoms with E-state index in [-0.39, 0.29) is 6.42 Å². The predicted molar refractivity (Wildman–Crippen MR) is 77.5 cm³/mol. The van der Waals surface area contributed by atoms with Crippen molar-refractivity contribution in [3.05, 3.63) is 58.6 Å². The first-order valence-corrected chi connectivity index (χ1v) is 6.70. The normalized spacial score (nSPS) is 10.2. The third-order valence-electron chi connectivity index (χ3n) is 2.91. The summed E-state index contributed by atoms with van der Waals surface area (Å²) in [5.41, 5.74) is 1.45. The summed E-state index contributed by atoms with van der Waals surface area (Å²) >= 11 is 5.87. The minimum absolute atomic E-state index is 0.238.